The molecule has 0 aromatic carbocycles. The van der Waals surface area contributed by atoms with Crippen molar-refractivity contribution in [2.45, 2.75) is 57.5 Å². The molecule has 3 rings (SSSR count). The van der Waals surface area contributed by atoms with Crippen molar-refractivity contribution >= 4 is 5.91 Å². The third kappa shape index (κ3) is 2.62. The van der Waals surface area contributed by atoms with Crippen LogP contribution in [0, 0.1) is 0 Å². The molecule has 0 saturated carbocycles. The summed E-state index contributed by atoms with van der Waals surface area (Å²) in [6, 6.07) is 4.56. The average Bonchev–Trinajstić information content (AvgIpc) is 3.17. The molecule has 110 valence electrons. The first kappa shape index (κ1) is 13.7. The Morgan fingerprint density at radius 3 is 2.95 bits per heavy atom. The van der Waals surface area contributed by atoms with Crippen molar-refractivity contribution in [1.82, 2.24) is 10.2 Å². The summed E-state index contributed by atoms with van der Waals surface area (Å²) < 4.78 is 5.65. The van der Waals surface area contributed by atoms with E-state index in [0.29, 0.717) is 17.8 Å². The maximum absolute atomic E-state index is 12.7. The second-order valence-corrected chi connectivity index (χ2v) is 5.88. The van der Waals surface area contributed by atoms with Crippen LogP contribution in [0.4, 0.5) is 0 Å². The molecule has 2 fully saturated rings. The van der Waals surface area contributed by atoms with Gasteiger partial charge in [-0.15, -0.1) is 0 Å². The van der Waals surface area contributed by atoms with E-state index < -0.39 is 0 Å². The highest BCUT2D eigenvalue weighted by molar-refractivity contribution is 5.91. The minimum Gasteiger partial charge on any atom is -0.456 e. The Labute approximate surface area is 120 Å². The normalized spacial score (nSPS) is 26.9. The van der Waals surface area contributed by atoms with Crippen LogP contribution < -0.4 is 5.32 Å². The summed E-state index contributed by atoms with van der Waals surface area (Å²) in [5.41, 5.74) is 0. The number of hydrogen-bond acceptors (Lipinski definition) is 3. The maximum Gasteiger partial charge on any atom is 0.289 e. The third-order valence-electron chi connectivity index (χ3n) is 4.59. The lowest BCUT2D eigenvalue weighted by atomic mass is 9.94. The zero-order chi connectivity index (χ0) is 13.9. The zero-order valence-corrected chi connectivity index (χ0v) is 12.2. The van der Waals surface area contributed by atoms with Gasteiger partial charge in [0.15, 0.2) is 5.76 Å². The van der Waals surface area contributed by atoms with Gasteiger partial charge in [-0.25, -0.2) is 0 Å². The van der Waals surface area contributed by atoms with Crippen LogP contribution in [-0.4, -0.2) is 36.0 Å². The minimum absolute atomic E-state index is 0.0723. The molecule has 2 aliphatic heterocycles. The summed E-state index contributed by atoms with van der Waals surface area (Å²) >= 11 is 0. The topological polar surface area (TPSA) is 45.5 Å². The van der Waals surface area contributed by atoms with Crippen LogP contribution in [0.3, 0.4) is 0 Å². The van der Waals surface area contributed by atoms with Crippen LogP contribution in [0.5, 0.6) is 0 Å². The van der Waals surface area contributed by atoms with E-state index in [1.807, 2.05) is 24.0 Å². The van der Waals surface area contributed by atoms with Gasteiger partial charge in [0, 0.05) is 25.0 Å². The number of carbonyl (C=O) groups is 1. The second kappa shape index (κ2) is 6.00. The van der Waals surface area contributed by atoms with Crippen molar-refractivity contribution in [3.63, 3.8) is 0 Å². The number of nitrogens with one attached hydrogen (secondary N) is 1. The lowest BCUT2D eigenvalue weighted by Crippen LogP contribution is -2.52. The van der Waals surface area contributed by atoms with Crippen LogP contribution in [-0.2, 0) is 6.42 Å². The Hall–Kier alpha value is -1.29. The predicted molar refractivity (Wildman–Crippen MR) is 77.8 cm³/mol. The molecule has 2 atom stereocenters. The summed E-state index contributed by atoms with van der Waals surface area (Å²) in [7, 11) is 0. The molecule has 0 radical (unpaired) electrons. The summed E-state index contributed by atoms with van der Waals surface area (Å²) in [5.74, 6) is 1.47. The molecule has 1 N–H and O–H groups in total. The van der Waals surface area contributed by atoms with E-state index in [1.54, 1.807) is 0 Å². The standard InChI is InChI=1S/C16H24N2O2/c1-2-12-8-9-15(20-12)16(19)18-11-4-3-7-14(18)13-6-5-10-17-13/h8-9,13-14,17H,2-7,10-11H2,1H3. The largest absolute Gasteiger partial charge is 0.456 e. The van der Waals surface area contributed by atoms with Gasteiger partial charge in [0.05, 0.1) is 0 Å². The SMILES string of the molecule is CCc1ccc(C(=O)N2CCCCC2C2CCCN2)o1. The molecule has 1 amide bonds. The number of piperidine rings is 1. The van der Waals surface area contributed by atoms with E-state index in [1.165, 1.54) is 19.3 Å². The second-order valence-electron chi connectivity index (χ2n) is 5.88. The first-order valence-corrected chi connectivity index (χ1v) is 7.92. The Morgan fingerprint density at radius 2 is 2.25 bits per heavy atom. The molecule has 1 aromatic heterocycles. The van der Waals surface area contributed by atoms with Crippen LogP contribution >= 0.6 is 0 Å². The number of rotatable bonds is 3. The van der Waals surface area contributed by atoms with Crippen molar-refractivity contribution in [3.8, 4) is 0 Å². The first-order chi connectivity index (χ1) is 9.79. The van der Waals surface area contributed by atoms with Crippen LogP contribution in [0.25, 0.3) is 0 Å². The lowest BCUT2D eigenvalue weighted by molar-refractivity contribution is 0.0530. The monoisotopic (exact) mass is 276 g/mol. The number of nitrogens with zero attached hydrogens (tertiary/aromatic N) is 1. The lowest BCUT2D eigenvalue weighted by Gasteiger charge is -2.38. The average molecular weight is 276 g/mol. The molecule has 0 bridgehead atoms. The summed E-state index contributed by atoms with van der Waals surface area (Å²) in [6.07, 6.45) is 6.70. The number of aryl methyl sites for hydroxylation is 1. The van der Waals surface area contributed by atoms with Crippen molar-refractivity contribution in [3.05, 3.63) is 23.7 Å². The van der Waals surface area contributed by atoms with Crippen molar-refractivity contribution in [2.75, 3.05) is 13.1 Å². The predicted octanol–water partition coefficient (Wildman–Crippen LogP) is 2.59. The Kier molecular flexibility index (Phi) is 4.10. The molecule has 4 nitrogen and oxygen atoms in total. The number of likely N-dealkylation sites (tertiary alicyclic amines) is 1. The van der Waals surface area contributed by atoms with Gasteiger partial charge in [0.1, 0.15) is 5.76 Å². The van der Waals surface area contributed by atoms with Crippen molar-refractivity contribution in [2.24, 2.45) is 0 Å². The van der Waals surface area contributed by atoms with Gasteiger partial charge in [0.2, 0.25) is 0 Å². The van der Waals surface area contributed by atoms with Crippen molar-refractivity contribution in [1.29, 1.82) is 0 Å². The highest BCUT2D eigenvalue weighted by atomic mass is 16.4. The van der Waals surface area contributed by atoms with E-state index in [0.717, 1.165) is 38.1 Å². The van der Waals surface area contributed by atoms with E-state index in [-0.39, 0.29) is 5.91 Å². The number of carbonyl (C=O) groups excluding carboxylic acids is 1. The van der Waals surface area contributed by atoms with Gasteiger partial charge in [-0.3, -0.25) is 4.79 Å². The molecule has 2 aliphatic rings. The fraction of sp³-hybridized carbons (Fsp3) is 0.688. The van der Waals surface area contributed by atoms with E-state index >= 15 is 0 Å². The number of amides is 1. The maximum atomic E-state index is 12.7. The van der Waals surface area contributed by atoms with Gasteiger partial charge >= 0.3 is 0 Å². The highest BCUT2D eigenvalue weighted by Gasteiger charge is 2.35. The molecule has 3 heterocycles. The molecule has 1 aromatic rings. The van der Waals surface area contributed by atoms with Gasteiger partial charge in [-0.1, -0.05) is 6.92 Å². The van der Waals surface area contributed by atoms with Gasteiger partial charge in [0.25, 0.3) is 5.91 Å². The van der Waals surface area contributed by atoms with Gasteiger partial charge in [-0.2, -0.15) is 0 Å². The summed E-state index contributed by atoms with van der Waals surface area (Å²) in [6.45, 7) is 3.99. The molecular weight excluding hydrogens is 252 g/mol. The van der Waals surface area contributed by atoms with Crippen LogP contribution in [0.15, 0.2) is 16.5 Å². The van der Waals surface area contributed by atoms with Crippen molar-refractivity contribution < 1.29 is 9.21 Å². The quantitative estimate of drug-likeness (QED) is 0.923. The molecule has 2 unspecified atom stereocenters. The minimum atomic E-state index is 0.0723. The fourth-order valence-electron chi connectivity index (χ4n) is 3.49. The zero-order valence-electron chi connectivity index (χ0n) is 12.2. The highest BCUT2D eigenvalue weighted by Crippen LogP contribution is 2.26. The number of furan rings is 1. The smallest absolute Gasteiger partial charge is 0.289 e. The van der Waals surface area contributed by atoms with E-state index in [2.05, 4.69) is 5.32 Å². The van der Waals surface area contributed by atoms with Gasteiger partial charge < -0.3 is 14.6 Å². The molecule has 0 spiro atoms. The Morgan fingerprint density at radius 1 is 1.35 bits per heavy atom. The van der Waals surface area contributed by atoms with Crippen LogP contribution in [0.2, 0.25) is 0 Å². The molecular formula is C16H24N2O2. The Bertz CT molecular complexity index is 463. The summed E-state index contributed by atoms with van der Waals surface area (Å²) in [5, 5.41) is 3.55. The molecule has 0 aliphatic carbocycles. The molecule has 20 heavy (non-hydrogen) atoms. The molecule has 4 heteroatoms. The first-order valence-electron chi connectivity index (χ1n) is 7.92. The summed E-state index contributed by atoms with van der Waals surface area (Å²) in [4.78, 5) is 14.7. The Balaban J connectivity index is 1.76. The fourth-order valence-corrected chi connectivity index (χ4v) is 3.49. The van der Waals surface area contributed by atoms with E-state index in [4.69, 9.17) is 4.42 Å². The van der Waals surface area contributed by atoms with Crippen LogP contribution in [0.1, 0.15) is 55.3 Å². The van der Waals surface area contributed by atoms with Gasteiger partial charge in [-0.05, 0) is 50.8 Å². The number of hydrogen-bond donors (Lipinski definition) is 1. The molecule has 2 saturated heterocycles. The van der Waals surface area contributed by atoms with E-state index in [9.17, 15) is 4.79 Å². The third-order valence-corrected chi connectivity index (χ3v) is 4.59.